The Morgan fingerprint density at radius 1 is 0.406 bits per heavy atom. The van der Waals surface area contributed by atoms with Crippen LogP contribution < -0.4 is 77.4 Å². The van der Waals surface area contributed by atoms with E-state index in [2.05, 4.69) is 47.2 Å². The normalized spacial score (nSPS) is 14.2. The molecule has 0 unspecified atom stereocenters. The van der Waals surface area contributed by atoms with E-state index in [0.29, 0.717) is 38.8 Å². The summed E-state index contributed by atoms with van der Waals surface area (Å²) in [4.78, 5) is 116. The number of nitrogens with two attached hydrogens (primary N) is 7. The van der Waals surface area contributed by atoms with Crippen LogP contribution in [-0.2, 0) is 38.4 Å². The summed E-state index contributed by atoms with van der Waals surface area (Å²) in [5.74, 6) is -6.87. The van der Waals surface area contributed by atoms with Gasteiger partial charge in [0.25, 0.3) is 0 Å². The lowest BCUT2D eigenvalue weighted by molar-refractivity contribution is -0.142. The molecule has 7 atom stereocenters. The first-order chi connectivity index (χ1) is 32.4. The summed E-state index contributed by atoms with van der Waals surface area (Å²) < 4.78 is 0. The van der Waals surface area contributed by atoms with Crippen LogP contribution in [0.5, 0.6) is 0 Å². The number of guanidine groups is 2. The number of nitrogens with one attached hydrogen (secondary N) is 7. The minimum absolute atomic E-state index is 0.0120. The number of carbonyl (C=O) groups excluding carboxylic acids is 7. The molecule has 69 heavy (non-hydrogen) atoms. The lowest BCUT2D eigenvalue weighted by atomic mass is 9.98. The predicted molar refractivity (Wildman–Crippen MR) is 264 cm³/mol. The molecular weight excluding hydrogens is 897 g/mol. The topological polar surface area (TPSA) is 448 Å². The summed E-state index contributed by atoms with van der Waals surface area (Å²) >= 11 is 0. The third-order valence-electron chi connectivity index (χ3n) is 10.5. The molecule has 0 aliphatic heterocycles. The Bertz CT molecular complexity index is 1670. The summed E-state index contributed by atoms with van der Waals surface area (Å²) in [5, 5.41) is 28.5. The monoisotopic (exact) mass is 983 g/mol. The number of carboxylic acid groups (broad SMARTS) is 1. The van der Waals surface area contributed by atoms with Gasteiger partial charge in [-0.05, 0) is 114 Å². The van der Waals surface area contributed by atoms with Crippen molar-refractivity contribution < 1.29 is 43.5 Å². The van der Waals surface area contributed by atoms with Crippen molar-refractivity contribution in [3.8, 4) is 0 Å². The van der Waals surface area contributed by atoms with Gasteiger partial charge in [0.1, 0.15) is 42.3 Å². The highest BCUT2D eigenvalue weighted by molar-refractivity contribution is 5.97. The molecule has 25 nitrogen and oxygen atoms in total. The van der Waals surface area contributed by atoms with Crippen LogP contribution in [0.4, 0.5) is 0 Å². The van der Waals surface area contributed by atoms with Gasteiger partial charge < -0.3 is 82.5 Å². The van der Waals surface area contributed by atoms with E-state index in [-0.39, 0.29) is 101 Å². The highest BCUT2D eigenvalue weighted by Gasteiger charge is 2.35. The molecule has 0 aliphatic carbocycles. The third-order valence-corrected chi connectivity index (χ3v) is 10.5. The van der Waals surface area contributed by atoms with Crippen molar-refractivity contribution in [1.29, 1.82) is 0 Å². The van der Waals surface area contributed by atoms with Crippen LogP contribution in [-0.4, -0.2) is 139 Å². The number of aliphatic carboxylic acids is 1. The van der Waals surface area contributed by atoms with E-state index in [1.807, 2.05) is 41.5 Å². The van der Waals surface area contributed by atoms with E-state index >= 15 is 0 Å². The molecule has 22 N–H and O–H groups in total. The number of rotatable bonds is 37. The number of carboxylic acids is 1. The van der Waals surface area contributed by atoms with Crippen LogP contribution in [0, 0.1) is 17.8 Å². The van der Waals surface area contributed by atoms with Gasteiger partial charge in [-0.15, -0.1) is 0 Å². The van der Waals surface area contributed by atoms with E-state index in [9.17, 15) is 43.5 Å². The number of hydrogen-bond donors (Lipinski definition) is 15. The molecule has 0 aliphatic rings. The quantitative estimate of drug-likeness (QED) is 0.0167. The van der Waals surface area contributed by atoms with Gasteiger partial charge in [0.05, 0.1) is 6.54 Å². The number of aliphatic imine (C=N–C) groups is 2. The Morgan fingerprint density at radius 3 is 0.971 bits per heavy atom. The van der Waals surface area contributed by atoms with Gasteiger partial charge >= 0.3 is 5.97 Å². The predicted octanol–water partition coefficient (Wildman–Crippen LogP) is -3.07. The molecule has 0 aromatic rings. The smallest absolute Gasteiger partial charge is 0.326 e. The zero-order valence-electron chi connectivity index (χ0n) is 41.7. The van der Waals surface area contributed by atoms with Crippen molar-refractivity contribution >= 4 is 59.2 Å². The molecule has 25 heteroatoms. The van der Waals surface area contributed by atoms with Gasteiger partial charge in [0, 0.05) is 13.1 Å². The van der Waals surface area contributed by atoms with E-state index in [4.69, 9.17) is 40.1 Å². The summed E-state index contributed by atoms with van der Waals surface area (Å²) in [5.41, 5.74) is 38.6. The first-order valence-corrected chi connectivity index (χ1v) is 24.0. The third kappa shape index (κ3) is 29.0. The maximum absolute atomic E-state index is 14.2. The second-order valence-electron chi connectivity index (χ2n) is 18.4. The molecule has 0 radical (unpaired) electrons. The minimum Gasteiger partial charge on any atom is -0.480 e. The van der Waals surface area contributed by atoms with Gasteiger partial charge in [-0.25, -0.2) is 4.79 Å². The van der Waals surface area contributed by atoms with Gasteiger partial charge in [-0.1, -0.05) is 41.5 Å². The fourth-order valence-electron chi connectivity index (χ4n) is 7.05. The second kappa shape index (κ2) is 35.3. The minimum atomic E-state index is -1.25. The summed E-state index contributed by atoms with van der Waals surface area (Å²) in [7, 11) is 0. The number of unbranched alkanes of at least 4 members (excludes halogenated alkanes) is 2. The van der Waals surface area contributed by atoms with Crippen molar-refractivity contribution in [3.05, 3.63) is 0 Å². The van der Waals surface area contributed by atoms with E-state index < -0.39 is 96.2 Å². The lowest BCUT2D eigenvalue weighted by Crippen LogP contribution is -2.60. The Morgan fingerprint density at radius 2 is 0.681 bits per heavy atom. The van der Waals surface area contributed by atoms with E-state index in [1.54, 1.807) is 0 Å². The van der Waals surface area contributed by atoms with Crippen molar-refractivity contribution in [2.24, 2.45) is 67.9 Å². The molecule has 0 aromatic heterocycles. The average molecular weight is 983 g/mol. The number of amides is 7. The van der Waals surface area contributed by atoms with Gasteiger partial charge in [-0.3, -0.25) is 43.5 Å². The molecule has 0 fully saturated rings. The molecule has 0 aromatic carbocycles. The Kier molecular flexibility index (Phi) is 32.3. The summed E-state index contributed by atoms with van der Waals surface area (Å²) in [6.07, 6.45) is 3.27. The fourth-order valence-corrected chi connectivity index (χ4v) is 7.05. The van der Waals surface area contributed by atoms with Crippen LogP contribution in [0.3, 0.4) is 0 Å². The largest absolute Gasteiger partial charge is 0.480 e. The van der Waals surface area contributed by atoms with E-state index in [0.717, 1.165) is 0 Å². The average Bonchev–Trinajstić information content (AvgIpc) is 3.25. The molecule has 0 bridgehead atoms. The summed E-state index contributed by atoms with van der Waals surface area (Å²) in [6, 6.07) is -8.32. The van der Waals surface area contributed by atoms with Crippen LogP contribution in [0.2, 0.25) is 0 Å². The molecule has 7 amide bonds. The molecule has 0 saturated carbocycles. The van der Waals surface area contributed by atoms with Gasteiger partial charge in [0.2, 0.25) is 41.4 Å². The fraction of sp³-hybridized carbons (Fsp3) is 0.773. The van der Waals surface area contributed by atoms with Crippen LogP contribution in [0.15, 0.2) is 9.98 Å². The maximum Gasteiger partial charge on any atom is 0.326 e. The Balaban J connectivity index is 6.65. The number of hydrogen-bond acceptors (Lipinski definition) is 13. The molecule has 396 valence electrons. The zero-order valence-corrected chi connectivity index (χ0v) is 41.7. The summed E-state index contributed by atoms with van der Waals surface area (Å²) in [6.45, 7) is 11.5. The Hall–Kier alpha value is -5.82. The highest BCUT2D eigenvalue weighted by atomic mass is 16.4. The Labute approximate surface area is 407 Å². The lowest BCUT2D eigenvalue weighted by Gasteiger charge is -2.29. The van der Waals surface area contributed by atoms with E-state index in [1.165, 1.54) is 0 Å². The molecule has 0 saturated heterocycles. The first kappa shape index (κ1) is 63.2. The molecule has 0 spiro atoms. The molecule has 0 heterocycles. The second-order valence-corrected chi connectivity index (χ2v) is 18.4. The number of carbonyl (C=O) groups is 8. The SMILES string of the molecule is CC(C)C[C@H](NC(=O)[C@H](CC(C)C)NC(=O)[C@H](CC(C)C)NC(=O)[C@H](CCCN=C(N)N)NC(=O)[C@H](CCCN=C(N)N)NC(=O)CN)C(=O)N[C@@H](CCCCN)C(=O)N[C@@H](CCCCN)C(=O)O. The molecule has 0 rings (SSSR count). The van der Waals surface area contributed by atoms with Crippen LogP contribution in [0.25, 0.3) is 0 Å². The number of nitrogens with zero attached hydrogens (tertiary/aromatic N) is 2. The van der Waals surface area contributed by atoms with Crippen LogP contribution >= 0.6 is 0 Å². The zero-order chi connectivity index (χ0) is 52.6. The van der Waals surface area contributed by atoms with Crippen LogP contribution in [0.1, 0.15) is 125 Å². The maximum atomic E-state index is 14.2. The van der Waals surface area contributed by atoms with Gasteiger partial charge in [0.15, 0.2) is 11.9 Å². The van der Waals surface area contributed by atoms with Crippen molar-refractivity contribution in [2.75, 3.05) is 32.7 Å². The van der Waals surface area contributed by atoms with Crippen molar-refractivity contribution in [2.45, 2.75) is 167 Å². The van der Waals surface area contributed by atoms with Gasteiger partial charge in [-0.2, -0.15) is 0 Å². The highest BCUT2D eigenvalue weighted by Crippen LogP contribution is 2.14. The molecular formula is C44H86N16O9. The van der Waals surface area contributed by atoms with Crippen molar-refractivity contribution in [3.63, 3.8) is 0 Å². The van der Waals surface area contributed by atoms with Crippen molar-refractivity contribution in [1.82, 2.24) is 37.2 Å². The first-order valence-electron chi connectivity index (χ1n) is 24.0. The standard InChI is InChI=1S/C44H86N16O9/c1-25(2)21-32(39(65)56-29(13-7-9-17-45)37(63)57-31(42(68)69)14-8-10-18-46)59-41(67)34(23-27(5)6)60-40(66)33(22-26(3)4)58-38(64)30(16-12-20-53-44(50)51)55-36(62)28(54-35(61)24-47)15-11-19-52-43(48)49/h25-34H,7-24,45-47H2,1-6H3,(H,54,61)(H,55,62)(H,56,65)(H,57,63)(H,58,64)(H,59,67)(H,60,66)(H,68,69)(H4,48,49,52)(H4,50,51,53)/t28-,29-,30-,31-,32-,33-,34-/m0/s1.